The average Bonchev–Trinajstić information content (AvgIpc) is 0.931. The van der Waals surface area contributed by atoms with Crippen molar-refractivity contribution in [3.63, 3.8) is 0 Å². The zero-order valence-electron chi connectivity index (χ0n) is 64.9. The van der Waals surface area contributed by atoms with Crippen molar-refractivity contribution in [2.45, 2.75) is 244 Å². The van der Waals surface area contributed by atoms with Crippen LogP contribution in [0, 0.1) is 50.6 Å². The van der Waals surface area contributed by atoms with Crippen molar-refractivity contribution in [1.82, 2.24) is 0 Å². The topological polar surface area (TPSA) is 756 Å². The number of ether oxygens (including phenoxy) is 8. The summed E-state index contributed by atoms with van der Waals surface area (Å²) >= 11 is 0. The number of hydrogen-bond donors (Lipinski definition) is 8. The number of Topliss-reactive ketones (excluding diaryl/α,β-unsaturated/α-hetero) is 2. The molecule has 0 aliphatic rings. The Kier molecular flexibility index (Phi) is 69.3. The molecule has 656 valence electrons. The number of unbranched alkanes of at least 4 members (excludes halogenated alkanes) is 5. The van der Waals surface area contributed by atoms with Crippen LogP contribution in [0.2, 0.25) is 0 Å². The lowest BCUT2D eigenvalue weighted by molar-refractivity contribution is -0.758. The molecule has 0 aliphatic carbocycles. The number of amidine groups is 2. The van der Waals surface area contributed by atoms with Gasteiger partial charge < -0.3 is 106 Å². The van der Waals surface area contributed by atoms with Gasteiger partial charge >= 0.3 is 47.8 Å². The minimum absolute atomic E-state index is 0.00225. The van der Waals surface area contributed by atoms with Crippen LogP contribution in [0.5, 0.6) is 0 Å². The standard InChI is InChI=1S/C18H31N3O8.C17H29N3O8.C11H20N2O7.C9H16N2O8.C9H16N2O7/c1-18(2,3)29-17(24)12-15(27-13-22)8-6-9-20-16(19)11-14(23)7-4-5-10-28-21(25)26;1-17(2,3)28-16(23)11-14(26-12-21)7-4-8-19-15(18)10-13(22)6-5-9-27-20(24)25;12-9(11(15)16)5-6-10(14)19-7-3-1-2-4-8-20-13(17)18;10-7(9(13)14)1-2-8(12)18-5-3-17-4-6-19-11(15)16;10-7(9(13)14)3-4-8(12)17-5-1-2-6-18-11(15)16/h13,15H,4-12H2,1-3H3,(H2,19,20);12,14H,4-11H2,1-3H3,(H2,18,19);9H,1-8,12H2,(H,15,16);7H,1-6,10H2,(H,13,14);7H,1-6,10H2,(H,13,14). The minimum atomic E-state index is -1.18. The maximum atomic E-state index is 11.8. The number of nitrogens with two attached hydrogens (primary N) is 5. The Hall–Kier alpha value is -11.2. The predicted molar refractivity (Wildman–Crippen MR) is 387 cm³/mol. The molecule has 0 saturated carbocycles. The van der Waals surface area contributed by atoms with Gasteiger partial charge in [0.05, 0.1) is 78.5 Å². The monoisotopic (exact) mass is 1660 g/mol. The third-order valence-electron chi connectivity index (χ3n) is 13.1. The third kappa shape index (κ3) is 88.0. The van der Waals surface area contributed by atoms with E-state index in [4.69, 9.17) is 81.9 Å². The zero-order valence-corrected chi connectivity index (χ0v) is 64.9. The van der Waals surface area contributed by atoms with Gasteiger partial charge in [-0.3, -0.25) is 67.5 Å². The molecule has 0 aliphatic heterocycles. The molecule has 50 heteroatoms. The van der Waals surface area contributed by atoms with Gasteiger partial charge in [0.2, 0.25) is 0 Å². The number of carbonyl (C=O) groups is 12. The van der Waals surface area contributed by atoms with Gasteiger partial charge in [-0.1, -0.05) is 6.42 Å². The Labute approximate surface area is 654 Å². The normalized spacial score (nSPS) is 12.2. The van der Waals surface area contributed by atoms with Crippen LogP contribution in [0.1, 0.15) is 202 Å². The largest absolute Gasteiger partial charge is 0.480 e. The summed E-state index contributed by atoms with van der Waals surface area (Å²) in [6.07, 6.45) is 5.27. The first kappa shape index (κ1) is 111. The van der Waals surface area contributed by atoms with Crippen molar-refractivity contribution in [3.05, 3.63) is 50.6 Å². The van der Waals surface area contributed by atoms with Crippen molar-refractivity contribution in [2.24, 2.45) is 38.7 Å². The molecule has 0 aromatic heterocycles. The number of carboxylic acids is 3. The van der Waals surface area contributed by atoms with E-state index in [9.17, 15) is 108 Å². The molecule has 0 spiro atoms. The van der Waals surface area contributed by atoms with E-state index in [1.54, 1.807) is 41.5 Å². The van der Waals surface area contributed by atoms with Gasteiger partial charge in [-0.25, -0.2) is 0 Å². The first-order valence-electron chi connectivity index (χ1n) is 35.5. The van der Waals surface area contributed by atoms with Crippen LogP contribution in [0.4, 0.5) is 0 Å². The molecule has 0 aromatic rings. The number of hydrogen-bond acceptors (Lipinski definition) is 40. The summed E-state index contributed by atoms with van der Waals surface area (Å²) < 4.78 is 39.4. The SMILES string of the molecule is CC(C)(C)OC(=O)CC(CCCN=C(N)CC(=O)CCCCO[N+](=O)[O-])OC=O.CC(C)(C)OC(=O)CC(CCCN=C(N)CC(=O)CCCO[N+](=O)[O-])OC=O.NC(CCC(=O)OCCCCCCO[N+](=O)[O-])C(=O)O.NC(CCC(=O)OCCCCO[N+](=O)[O-])C(=O)O.NC(CCC(=O)OCCOCCO[N+](=O)[O-])C(=O)O. The average molecular weight is 1660 g/mol. The minimum Gasteiger partial charge on any atom is -0.480 e. The molecular formula is C64H112N12O38. The van der Waals surface area contributed by atoms with E-state index in [2.05, 4.69) is 34.2 Å². The van der Waals surface area contributed by atoms with E-state index >= 15 is 0 Å². The van der Waals surface area contributed by atoms with E-state index in [0.29, 0.717) is 83.8 Å². The molecule has 0 rings (SSSR count). The summed E-state index contributed by atoms with van der Waals surface area (Å²) in [7, 11) is 0. The number of nitrogens with zero attached hydrogens (tertiary/aromatic N) is 7. The van der Waals surface area contributed by atoms with Gasteiger partial charge in [-0.05, 0) is 138 Å². The van der Waals surface area contributed by atoms with E-state index in [-0.39, 0.29) is 179 Å². The quantitative estimate of drug-likeness (QED) is 0.00632. The summed E-state index contributed by atoms with van der Waals surface area (Å²) in [5, 5.41) is 70.4. The van der Waals surface area contributed by atoms with Crippen LogP contribution in [0.15, 0.2) is 9.98 Å². The molecule has 114 heavy (non-hydrogen) atoms. The number of aliphatic imine (C=N–C) groups is 2. The molecule has 0 amide bonds. The molecule has 0 fully saturated rings. The Balaban J connectivity index is -0.000000440. The smallest absolute Gasteiger partial charge is 0.320 e. The Morgan fingerprint density at radius 2 is 0.667 bits per heavy atom. The molecular weight excluding hydrogens is 1540 g/mol. The van der Waals surface area contributed by atoms with Crippen molar-refractivity contribution in [3.8, 4) is 0 Å². The van der Waals surface area contributed by atoms with Gasteiger partial charge in [-0.2, -0.15) is 0 Å². The Morgan fingerprint density at radius 1 is 0.377 bits per heavy atom. The molecule has 5 unspecified atom stereocenters. The molecule has 0 radical (unpaired) electrons. The molecule has 0 bridgehead atoms. The number of esters is 5. The van der Waals surface area contributed by atoms with Crippen LogP contribution in [-0.4, -0.2) is 245 Å². The fourth-order valence-corrected chi connectivity index (χ4v) is 7.79. The summed E-state index contributed by atoms with van der Waals surface area (Å²) in [6.45, 7) is 11.7. The van der Waals surface area contributed by atoms with Crippen LogP contribution in [0.25, 0.3) is 0 Å². The fraction of sp³-hybridized carbons (Fsp3) is 0.781. The summed E-state index contributed by atoms with van der Waals surface area (Å²) in [4.78, 5) is 211. The van der Waals surface area contributed by atoms with Crippen LogP contribution >= 0.6 is 0 Å². The number of aliphatic carboxylic acids is 3. The molecule has 13 N–H and O–H groups in total. The summed E-state index contributed by atoms with van der Waals surface area (Å²) in [5.74, 6) is -5.97. The van der Waals surface area contributed by atoms with Gasteiger partial charge in [0.15, 0.2) is 0 Å². The summed E-state index contributed by atoms with van der Waals surface area (Å²) in [5.41, 5.74) is 25.8. The maximum Gasteiger partial charge on any atom is 0.320 e. The molecule has 0 saturated heterocycles. The predicted octanol–water partition coefficient (Wildman–Crippen LogP) is 2.23. The second kappa shape index (κ2) is 70.9. The maximum absolute atomic E-state index is 11.8. The Morgan fingerprint density at radius 3 is 1.00 bits per heavy atom. The first-order valence-corrected chi connectivity index (χ1v) is 35.5. The van der Waals surface area contributed by atoms with Crippen LogP contribution < -0.4 is 28.7 Å². The van der Waals surface area contributed by atoms with Gasteiger partial charge in [0, 0.05) is 45.2 Å². The van der Waals surface area contributed by atoms with Crippen molar-refractivity contribution >= 4 is 83.9 Å². The van der Waals surface area contributed by atoms with Gasteiger partial charge in [0.1, 0.15) is 78.0 Å². The van der Waals surface area contributed by atoms with Gasteiger partial charge in [0.25, 0.3) is 38.4 Å². The third-order valence-corrected chi connectivity index (χ3v) is 13.1. The van der Waals surface area contributed by atoms with E-state index in [1.165, 1.54) is 0 Å². The lowest BCUT2D eigenvalue weighted by atomic mass is 10.1. The highest BCUT2D eigenvalue weighted by Gasteiger charge is 2.24. The fourth-order valence-electron chi connectivity index (χ4n) is 7.79. The lowest BCUT2D eigenvalue weighted by Gasteiger charge is -2.21. The van der Waals surface area contributed by atoms with Gasteiger partial charge in [-0.15, -0.1) is 50.6 Å². The molecule has 0 heterocycles. The highest BCUT2D eigenvalue weighted by atomic mass is 17.0. The van der Waals surface area contributed by atoms with E-state index in [0.717, 1.165) is 12.8 Å². The van der Waals surface area contributed by atoms with Crippen LogP contribution in [0.3, 0.4) is 0 Å². The highest BCUT2D eigenvalue weighted by molar-refractivity contribution is 6.00. The molecule has 50 nitrogen and oxygen atoms in total. The lowest BCUT2D eigenvalue weighted by Crippen LogP contribution is -2.30. The van der Waals surface area contributed by atoms with Crippen molar-refractivity contribution < 1.29 is 160 Å². The molecule has 0 aromatic carbocycles. The second-order valence-corrected chi connectivity index (χ2v) is 25.4. The van der Waals surface area contributed by atoms with Crippen LogP contribution in [-0.2, 0) is 120 Å². The second-order valence-electron chi connectivity index (χ2n) is 25.4. The highest BCUT2D eigenvalue weighted by Crippen LogP contribution is 2.16. The number of carboxylic acid groups (broad SMARTS) is 3. The Bertz CT molecular complexity index is 2920. The zero-order chi connectivity index (χ0) is 87.9. The number of carbonyl (C=O) groups excluding carboxylic acids is 9. The number of rotatable bonds is 64. The summed E-state index contributed by atoms with van der Waals surface area (Å²) in [6, 6.07) is -3.22. The first-order chi connectivity index (χ1) is 53.4. The van der Waals surface area contributed by atoms with E-state index < -0.39 is 115 Å². The van der Waals surface area contributed by atoms with Crippen molar-refractivity contribution in [2.75, 3.05) is 79.2 Å². The number of ketones is 2. The molecule has 5 atom stereocenters. The van der Waals surface area contributed by atoms with E-state index in [1.807, 2.05) is 0 Å². The van der Waals surface area contributed by atoms with Crippen molar-refractivity contribution in [1.29, 1.82) is 0 Å².